The number of carbonyl (C=O) groups is 2. The second-order valence-electron chi connectivity index (χ2n) is 7.37. The largest absolute Gasteiger partial charge is 0.481 e. The number of rotatable bonds is 3. The minimum absolute atomic E-state index is 0.0747. The summed E-state index contributed by atoms with van der Waals surface area (Å²) in [6.07, 6.45) is -2.44. The Bertz CT molecular complexity index is 956. The van der Waals surface area contributed by atoms with E-state index >= 15 is 0 Å². The van der Waals surface area contributed by atoms with Gasteiger partial charge in [0, 0.05) is 18.5 Å². The van der Waals surface area contributed by atoms with Crippen LogP contribution in [0.5, 0.6) is 0 Å². The summed E-state index contributed by atoms with van der Waals surface area (Å²) in [6, 6.07) is 2.65. The summed E-state index contributed by atoms with van der Waals surface area (Å²) in [5, 5.41) is 9.01. The number of fused-ring (bicyclic) bond motifs is 1. The van der Waals surface area contributed by atoms with Crippen LogP contribution in [0.15, 0.2) is 16.5 Å². The molecule has 0 bridgehead atoms. The number of carbonyl (C=O) groups excluding carboxylic acids is 1. The van der Waals surface area contributed by atoms with Crippen LogP contribution in [-0.2, 0) is 11.0 Å². The molecule has 1 aliphatic heterocycles. The molecule has 1 saturated heterocycles. The zero-order valence-electron chi connectivity index (χ0n) is 14.7. The summed E-state index contributed by atoms with van der Waals surface area (Å²) < 4.78 is 46.0. The Morgan fingerprint density at radius 1 is 1.14 bits per heavy atom. The van der Waals surface area contributed by atoms with Crippen molar-refractivity contribution in [2.45, 2.75) is 37.8 Å². The van der Waals surface area contributed by atoms with Gasteiger partial charge in [0.25, 0.3) is 5.91 Å². The molecule has 9 heteroatoms. The van der Waals surface area contributed by atoms with E-state index in [2.05, 4.69) is 0 Å². The van der Waals surface area contributed by atoms with Crippen LogP contribution in [0.4, 0.5) is 13.2 Å². The van der Waals surface area contributed by atoms with Gasteiger partial charge in [0.1, 0.15) is 5.58 Å². The molecule has 0 unspecified atom stereocenters. The molecule has 28 heavy (non-hydrogen) atoms. The van der Waals surface area contributed by atoms with E-state index in [1.807, 2.05) is 0 Å². The van der Waals surface area contributed by atoms with Crippen molar-refractivity contribution in [1.29, 1.82) is 0 Å². The monoisotopic (exact) mass is 415 g/mol. The zero-order valence-corrected chi connectivity index (χ0v) is 15.4. The lowest BCUT2D eigenvalue weighted by molar-refractivity contribution is -0.143. The first-order valence-corrected chi connectivity index (χ1v) is 9.40. The van der Waals surface area contributed by atoms with Crippen molar-refractivity contribution in [2.75, 3.05) is 13.1 Å². The van der Waals surface area contributed by atoms with Gasteiger partial charge in [-0.2, -0.15) is 13.2 Å². The lowest BCUT2D eigenvalue weighted by Crippen LogP contribution is -2.40. The molecule has 2 fully saturated rings. The number of alkyl halides is 3. The van der Waals surface area contributed by atoms with Gasteiger partial charge in [-0.05, 0) is 49.3 Å². The van der Waals surface area contributed by atoms with E-state index < -0.39 is 35.1 Å². The van der Waals surface area contributed by atoms with E-state index in [0.717, 1.165) is 18.9 Å². The van der Waals surface area contributed by atoms with Crippen molar-refractivity contribution in [2.24, 2.45) is 5.92 Å². The normalized spacial score (nSPS) is 18.6. The van der Waals surface area contributed by atoms with Crippen LogP contribution in [0.25, 0.3) is 11.0 Å². The van der Waals surface area contributed by atoms with Crippen LogP contribution in [0.3, 0.4) is 0 Å². The lowest BCUT2D eigenvalue weighted by atomic mass is 9.97. The Balaban J connectivity index is 1.71. The number of halogens is 4. The molecule has 1 N–H and O–H groups in total. The van der Waals surface area contributed by atoms with E-state index in [-0.39, 0.29) is 48.0 Å². The highest BCUT2D eigenvalue weighted by molar-refractivity contribution is 6.38. The van der Waals surface area contributed by atoms with Crippen molar-refractivity contribution in [3.63, 3.8) is 0 Å². The summed E-state index contributed by atoms with van der Waals surface area (Å²) in [5.41, 5.74) is -0.827. The topological polar surface area (TPSA) is 70.8 Å². The molecule has 1 amide bonds. The maximum absolute atomic E-state index is 13.5. The molecular formula is C19H17ClF3NO4. The predicted molar refractivity (Wildman–Crippen MR) is 94.5 cm³/mol. The SMILES string of the molecule is O=C(O)C1CCN(C(=O)c2oc3c(C(F)(F)F)cc(C4CC4)cc3c2Cl)CC1. The van der Waals surface area contributed by atoms with Gasteiger partial charge in [-0.1, -0.05) is 11.6 Å². The Morgan fingerprint density at radius 2 is 1.79 bits per heavy atom. The van der Waals surface area contributed by atoms with Gasteiger partial charge >= 0.3 is 12.1 Å². The number of amides is 1. The summed E-state index contributed by atoms with van der Waals surface area (Å²) in [5.74, 6) is -2.33. The van der Waals surface area contributed by atoms with Crippen LogP contribution in [0.1, 0.15) is 53.3 Å². The Labute approximate surface area is 163 Å². The predicted octanol–water partition coefficient (Wildman–Crippen LogP) is 4.92. The lowest BCUT2D eigenvalue weighted by Gasteiger charge is -2.29. The number of carboxylic acids is 1. The summed E-state index contributed by atoms with van der Waals surface area (Å²) >= 11 is 6.27. The fourth-order valence-electron chi connectivity index (χ4n) is 3.67. The summed E-state index contributed by atoms with van der Waals surface area (Å²) in [6.45, 7) is 0.366. The van der Waals surface area contributed by atoms with Crippen molar-refractivity contribution in [3.8, 4) is 0 Å². The Hall–Kier alpha value is -2.22. The zero-order chi connectivity index (χ0) is 20.2. The molecule has 2 heterocycles. The number of aliphatic carboxylic acids is 1. The number of hydrogen-bond acceptors (Lipinski definition) is 3. The van der Waals surface area contributed by atoms with Crippen LogP contribution < -0.4 is 0 Å². The summed E-state index contributed by atoms with van der Waals surface area (Å²) in [7, 11) is 0. The van der Waals surface area contributed by atoms with E-state index in [1.54, 1.807) is 6.07 Å². The maximum Gasteiger partial charge on any atom is 0.420 e. The third-order valence-electron chi connectivity index (χ3n) is 5.43. The Morgan fingerprint density at radius 3 is 2.32 bits per heavy atom. The first-order chi connectivity index (χ1) is 13.2. The molecule has 2 aromatic rings. The second-order valence-corrected chi connectivity index (χ2v) is 7.75. The highest BCUT2D eigenvalue weighted by Crippen LogP contribution is 2.47. The molecular weight excluding hydrogens is 399 g/mol. The molecule has 1 aromatic carbocycles. The van der Waals surface area contributed by atoms with Crippen LogP contribution in [0.2, 0.25) is 5.02 Å². The molecule has 1 saturated carbocycles. The minimum atomic E-state index is -4.63. The third kappa shape index (κ3) is 3.34. The average molecular weight is 416 g/mol. The maximum atomic E-state index is 13.5. The molecule has 1 aliphatic carbocycles. The van der Waals surface area contributed by atoms with Gasteiger partial charge in [0.05, 0.1) is 16.5 Å². The van der Waals surface area contributed by atoms with Crippen molar-refractivity contribution >= 4 is 34.4 Å². The number of hydrogen-bond donors (Lipinski definition) is 1. The van der Waals surface area contributed by atoms with Crippen LogP contribution >= 0.6 is 11.6 Å². The van der Waals surface area contributed by atoms with E-state index in [4.69, 9.17) is 21.1 Å². The first-order valence-electron chi connectivity index (χ1n) is 9.02. The number of piperidine rings is 1. The highest BCUT2D eigenvalue weighted by atomic mass is 35.5. The molecule has 5 nitrogen and oxygen atoms in total. The van der Waals surface area contributed by atoms with Gasteiger partial charge in [0.2, 0.25) is 5.76 Å². The van der Waals surface area contributed by atoms with Crippen LogP contribution in [-0.4, -0.2) is 35.0 Å². The number of likely N-dealkylation sites (tertiary alicyclic amines) is 1. The number of furan rings is 1. The van der Waals surface area contributed by atoms with Crippen molar-refractivity contribution in [3.05, 3.63) is 34.0 Å². The van der Waals surface area contributed by atoms with Gasteiger partial charge in [0.15, 0.2) is 0 Å². The van der Waals surface area contributed by atoms with Gasteiger partial charge < -0.3 is 14.4 Å². The quantitative estimate of drug-likeness (QED) is 0.772. The average Bonchev–Trinajstić information content (AvgIpc) is 3.44. The fraction of sp³-hybridized carbons (Fsp3) is 0.474. The van der Waals surface area contributed by atoms with Crippen LogP contribution in [0, 0.1) is 5.92 Å². The third-order valence-corrected chi connectivity index (χ3v) is 5.81. The molecule has 0 spiro atoms. The number of nitrogens with zero attached hydrogens (tertiary/aromatic N) is 1. The van der Waals surface area contributed by atoms with Gasteiger partial charge in [-0.3, -0.25) is 9.59 Å². The number of benzene rings is 1. The van der Waals surface area contributed by atoms with E-state index in [0.29, 0.717) is 5.56 Å². The molecule has 1 aromatic heterocycles. The molecule has 0 radical (unpaired) electrons. The van der Waals surface area contributed by atoms with Gasteiger partial charge in [-0.25, -0.2) is 0 Å². The van der Waals surface area contributed by atoms with E-state index in [9.17, 15) is 22.8 Å². The molecule has 2 aliphatic rings. The van der Waals surface area contributed by atoms with Gasteiger partial charge in [-0.15, -0.1) is 0 Å². The minimum Gasteiger partial charge on any atom is -0.481 e. The smallest absolute Gasteiger partial charge is 0.420 e. The molecule has 4 rings (SSSR count). The molecule has 0 atom stereocenters. The molecule has 150 valence electrons. The van der Waals surface area contributed by atoms with E-state index in [1.165, 1.54) is 4.90 Å². The highest BCUT2D eigenvalue weighted by Gasteiger charge is 2.39. The summed E-state index contributed by atoms with van der Waals surface area (Å²) in [4.78, 5) is 25.2. The van der Waals surface area contributed by atoms with Crippen molar-refractivity contribution in [1.82, 2.24) is 4.90 Å². The first kappa shape index (κ1) is 19.1. The standard InChI is InChI=1S/C19H17ClF3NO4/c20-14-12-7-11(9-1-2-9)8-13(19(21,22)23)15(12)28-16(14)17(25)24-5-3-10(4-6-24)18(26)27/h7-10H,1-6H2,(H,26,27). The fourth-order valence-corrected chi connectivity index (χ4v) is 3.93. The Kier molecular flexibility index (Phi) is 4.56. The number of carboxylic acid groups (broad SMARTS) is 1. The second kappa shape index (κ2) is 6.69. The van der Waals surface area contributed by atoms with Crippen molar-refractivity contribution < 1.29 is 32.3 Å².